The number of hydrogen-bond donors (Lipinski definition) is 0. The van der Waals surface area contributed by atoms with E-state index < -0.39 is 10.0 Å². The van der Waals surface area contributed by atoms with Crippen LogP contribution in [0.4, 0.5) is 0 Å². The van der Waals surface area contributed by atoms with Crippen molar-refractivity contribution in [1.29, 1.82) is 0 Å². The number of nitrogens with zero attached hydrogens (tertiary/aromatic N) is 2. The number of fused-ring (bicyclic) bond motifs is 1. The first kappa shape index (κ1) is 23.6. The third-order valence-electron chi connectivity index (χ3n) is 6.83. The number of methoxy groups -OCH3 is 2. The van der Waals surface area contributed by atoms with Gasteiger partial charge in [-0.2, -0.15) is 0 Å². The Balaban J connectivity index is 1.65. The van der Waals surface area contributed by atoms with Crippen molar-refractivity contribution < 1.29 is 22.7 Å². The van der Waals surface area contributed by atoms with Gasteiger partial charge in [-0.15, -0.1) is 0 Å². The van der Waals surface area contributed by atoms with Gasteiger partial charge in [-0.1, -0.05) is 30.3 Å². The Morgan fingerprint density at radius 2 is 1.64 bits per heavy atom. The van der Waals surface area contributed by atoms with E-state index in [2.05, 4.69) is 0 Å². The van der Waals surface area contributed by atoms with Gasteiger partial charge in [-0.3, -0.25) is 4.79 Å². The van der Waals surface area contributed by atoms with Gasteiger partial charge in [0.2, 0.25) is 15.9 Å². The lowest BCUT2D eigenvalue weighted by molar-refractivity contribution is -0.139. The molecule has 4 rings (SSSR count). The molecule has 0 saturated carbocycles. The van der Waals surface area contributed by atoms with Crippen molar-refractivity contribution in [3.63, 3.8) is 0 Å². The molecule has 1 amide bonds. The Labute approximate surface area is 196 Å². The van der Waals surface area contributed by atoms with E-state index in [4.69, 9.17) is 9.47 Å². The summed E-state index contributed by atoms with van der Waals surface area (Å²) in [6.45, 7) is 3.07. The van der Waals surface area contributed by atoms with Gasteiger partial charge in [0, 0.05) is 25.6 Å². The number of carbonyl (C=O) groups excluding carboxylic acids is 1. The first-order valence-corrected chi connectivity index (χ1v) is 13.1. The summed E-state index contributed by atoms with van der Waals surface area (Å²) in [6, 6.07) is 13.8. The zero-order valence-corrected chi connectivity index (χ0v) is 20.3. The second kappa shape index (κ2) is 9.73. The minimum absolute atomic E-state index is 0.0932. The maximum atomic E-state index is 13.8. The summed E-state index contributed by atoms with van der Waals surface area (Å²) in [5.74, 6) is 1.34. The fourth-order valence-corrected chi connectivity index (χ4v) is 6.11. The zero-order chi connectivity index (χ0) is 23.6. The number of rotatable bonds is 6. The summed E-state index contributed by atoms with van der Waals surface area (Å²) in [7, 11) is 0.0237. The molecule has 0 radical (unpaired) electrons. The summed E-state index contributed by atoms with van der Waals surface area (Å²) in [5.41, 5.74) is 3.24. The van der Waals surface area contributed by atoms with Crippen LogP contribution in [0.15, 0.2) is 42.5 Å². The molecule has 2 aliphatic rings. The third kappa shape index (κ3) is 4.59. The quantitative estimate of drug-likeness (QED) is 0.645. The molecule has 0 bridgehead atoms. The van der Waals surface area contributed by atoms with E-state index in [0.29, 0.717) is 44.0 Å². The van der Waals surface area contributed by atoms with E-state index in [-0.39, 0.29) is 23.6 Å². The number of piperidine rings is 1. The van der Waals surface area contributed by atoms with Gasteiger partial charge in [0.1, 0.15) is 0 Å². The van der Waals surface area contributed by atoms with Crippen LogP contribution in [0.5, 0.6) is 11.5 Å². The molecule has 7 nitrogen and oxygen atoms in total. The molecule has 2 aromatic rings. The monoisotopic (exact) mass is 472 g/mol. The molecule has 0 aromatic heterocycles. The van der Waals surface area contributed by atoms with E-state index in [9.17, 15) is 13.2 Å². The zero-order valence-electron chi connectivity index (χ0n) is 19.5. The van der Waals surface area contributed by atoms with Crippen molar-refractivity contribution in [3.8, 4) is 11.5 Å². The maximum Gasteiger partial charge on any atom is 0.226 e. The number of amides is 1. The van der Waals surface area contributed by atoms with Crippen LogP contribution in [0.2, 0.25) is 0 Å². The van der Waals surface area contributed by atoms with E-state index in [0.717, 1.165) is 23.1 Å². The van der Waals surface area contributed by atoms with Gasteiger partial charge in [-0.25, -0.2) is 12.7 Å². The minimum Gasteiger partial charge on any atom is -0.493 e. The number of sulfonamides is 1. The summed E-state index contributed by atoms with van der Waals surface area (Å²) in [4.78, 5) is 15.7. The Bertz CT molecular complexity index is 1100. The molecule has 2 heterocycles. The molecule has 33 heavy (non-hydrogen) atoms. The molecule has 178 valence electrons. The Morgan fingerprint density at radius 1 is 1.00 bits per heavy atom. The first-order valence-electron chi connectivity index (χ1n) is 11.5. The molecule has 1 fully saturated rings. The van der Waals surface area contributed by atoms with Gasteiger partial charge >= 0.3 is 0 Å². The van der Waals surface area contributed by atoms with Gasteiger partial charge in [0.05, 0.1) is 26.0 Å². The van der Waals surface area contributed by atoms with Crippen LogP contribution in [0.25, 0.3) is 0 Å². The van der Waals surface area contributed by atoms with E-state index in [1.54, 1.807) is 21.1 Å². The Hall–Kier alpha value is -2.58. The lowest BCUT2D eigenvalue weighted by atomic mass is 9.85. The molecule has 0 spiro atoms. The van der Waals surface area contributed by atoms with E-state index in [1.807, 2.05) is 47.4 Å². The van der Waals surface area contributed by atoms with Crippen LogP contribution >= 0.6 is 0 Å². The predicted molar refractivity (Wildman–Crippen MR) is 127 cm³/mol. The molecular weight excluding hydrogens is 440 g/mol. The fraction of sp³-hybridized carbons (Fsp3) is 0.480. The maximum absolute atomic E-state index is 13.8. The SMILES string of the molecule is CCS(=O)(=O)N1CCC(C(=O)N2CCc3cc(OC)c(OC)cc3C2c2ccccc2)CC1. The average molecular weight is 473 g/mol. The smallest absolute Gasteiger partial charge is 0.226 e. The number of carbonyl (C=O) groups is 1. The fourth-order valence-electron chi connectivity index (χ4n) is 4.98. The van der Waals surface area contributed by atoms with Crippen molar-refractivity contribution >= 4 is 15.9 Å². The third-order valence-corrected chi connectivity index (χ3v) is 8.71. The number of benzene rings is 2. The average Bonchev–Trinajstić information content (AvgIpc) is 2.87. The first-order chi connectivity index (χ1) is 15.9. The van der Waals surface area contributed by atoms with Crippen molar-refractivity contribution in [2.24, 2.45) is 5.92 Å². The minimum atomic E-state index is -3.22. The van der Waals surface area contributed by atoms with Gasteiger partial charge in [0.25, 0.3) is 0 Å². The second-order valence-corrected chi connectivity index (χ2v) is 10.8. The summed E-state index contributed by atoms with van der Waals surface area (Å²) in [6.07, 6.45) is 1.83. The van der Waals surface area contributed by atoms with Crippen molar-refractivity contribution in [2.45, 2.75) is 32.2 Å². The normalized spacial score (nSPS) is 19.7. The number of hydrogen-bond acceptors (Lipinski definition) is 5. The lowest BCUT2D eigenvalue weighted by Crippen LogP contribution is -2.47. The van der Waals surface area contributed by atoms with Crippen LogP contribution in [0.1, 0.15) is 42.5 Å². The van der Waals surface area contributed by atoms with Crippen LogP contribution < -0.4 is 9.47 Å². The Morgan fingerprint density at radius 3 is 2.24 bits per heavy atom. The molecule has 2 aliphatic heterocycles. The predicted octanol–water partition coefficient (Wildman–Crippen LogP) is 3.24. The summed E-state index contributed by atoms with van der Waals surface area (Å²) >= 11 is 0. The van der Waals surface area contributed by atoms with E-state index in [1.165, 1.54) is 4.31 Å². The molecule has 0 N–H and O–H groups in total. The van der Waals surface area contributed by atoms with Crippen molar-refractivity contribution in [3.05, 3.63) is 59.2 Å². The van der Waals surface area contributed by atoms with Crippen molar-refractivity contribution in [1.82, 2.24) is 9.21 Å². The molecule has 0 aliphatic carbocycles. The van der Waals surface area contributed by atoms with Crippen molar-refractivity contribution in [2.75, 3.05) is 39.6 Å². The van der Waals surface area contributed by atoms with Crippen LogP contribution in [0.3, 0.4) is 0 Å². The molecule has 1 unspecified atom stereocenters. The highest BCUT2D eigenvalue weighted by molar-refractivity contribution is 7.89. The highest BCUT2D eigenvalue weighted by Crippen LogP contribution is 2.42. The highest BCUT2D eigenvalue weighted by Gasteiger charge is 2.38. The Kier molecular flexibility index (Phi) is 6.95. The van der Waals surface area contributed by atoms with Gasteiger partial charge in [-0.05, 0) is 55.0 Å². The van der Waals surface area contributed by atoms with Crippen LogP contribution in [-0.2, 0) is 21.2 Å². The summed E-state index contributed by atoms with van der Waals surface area (Å²) < 4.78 is 37.0. The molecule has 1 saturated heterocycles. The van der Waals surface area contributed by atoms with Crippen LogP contribution in [-0.4, -0.2) is 63.1 Å². The van der Waals surface area contributed by atoms with Crippen LogP contribution in [0, 0.1) is 5.92 Å². The highest BCUT2D eigenvalue weighted by atomic mass is 32.2. The van der Waals surface area contributed by atoms with Gasteiger partial charge in [0.15, 0.2) is 11.5 Å². The summed E-state index contributed by atoms with van der Waals surface area (Å²) in [5, 5.41) is 0. The number of ether oxygens (including phenoxy) is 2. The second-order valence-electron chi connectivity index (χ2n) is 8.57. The largest absolute Gasteiger partial charge is 0.493 e. The van der Waals surface area contributed by atoms with Gasteiger partial charge < -0.3 is 14.4 Å². The molecular formula is C25H32N2O5S. The standard InChI is InChI=1S/C25H32N2O5S/c1-4-33(29,30)26-13-10-19(11-14-26)25(28)27-15-12-20-16-22(31-2)23(32-3)17-21(20)24(27)18-8-6-5-7-9-18/h5-9,16-17,19,24H,4,10-15H2,1-3H3. The molecule has 2 aromatic carbocycles. The molecule has 8 heteroatoms. The lowest BCUT2D eigenvalue weighted by Gasteiger charge is -2.41. The molecule has 1 atom stereocenters. The topological polar surface area (TPSA) is 76.2 Å². The van der Waals surface area contributed by atoms with E-state index >= 15 is 0 Å².